The molecule has 0 atom stereocenters. The minimum Gasteiger partial charge on any atom is -0.481 e. The van der Waals surface area contributed by atoms with Crippen molar-refractivity contribution in [2.45, 2.75) is 38.5 Å². The maximum absolute atomic E-state index is 13.3. The van der Waals surface area contributed by atoms with Crippen molar-refractivity contribution in [3.05, 3.63) is 35.9 Å². The van der Waals surface area contributed by atoms with Crippen molar-refractivity contribution in [2.75, 3.05) is 27.2 Å². The Balaban J connectivity index is 3.48. The fourth-order valence-electron chi connectivity index (χ4n) is 2.86. The predicted molar refractivity (Wildman–Crippen MR) is 96.2 cm³/mol. The Morgan fingerprint density at radius 3 is 1.84 bits per heavy atom. The molecule has 0 radical (unpaired) electrons. The lowest BCUT2D eigenvalue weighted by Gasteiger charge is -2.37. The molecular formula is C19H28N2O4. The molecule has 0 bridgehead atoms. The minimum atomic E-state index is -1.40. The van der Waals surface area contributed by atoms with Crippen LogP contribution in [-0.2, 0) is 19.8 Å². The molecule has 0 aliphatic rings. The third-order valence-corrected chi connectivity index (χ3v) is 4.58. The van der Waals surface area contributed by atoms with Gasteiger partial charge in [0, 0.05) is 33.6 Å². The van der Waals surface area contributed by atoms with Gasteiger partial charge in [0.2, 0.25) is 11.8 Å². The maximum atomic E-state index is 13.3. The molecule has 1 N–H and O–H groups in total. The average Bonchev–Trinajstić information content (AvgIpc) is 2.63. The van der Waals surface area contributed by atoms with Crippen molar-refractivity contribution in [3.63, 3.8) is 0 Å². The van der Waals surface area contributed by atoms with Crippen LogP contribution >= 0.6 is 0 Å². The van der Waals surface area contributed by atoms with E-state index in [1.807, 2.05) is 19.9 Å². The number of amides is 2. The first-order chi connectivity index (χ1) is 11.8. The third-order valence-electron chi connectivity index (χ3n) is 4.58. The predicted octanol–water partition coefficient (Wildman–Crippen LogP) is 2.14. The van der Waals surface area contributed by atoms with Gasteiger partial charge in [0.1, 0.15) is 0 Å². The molecule has 0 saturated carbocycles. The number of hydrogen-bond acceptors (Lipinski definition) is 3. The van der Waals surface area contributed by atoms with Gasteiger partial charge in [-0.3, -0.25) is 14.4 Å². The molecule has 0 spiro atoms. The zero-order valence-corrected chi connectivity index (χ0v) is 15.5. The molecule has 1 aromatic rings. The quantitative estimate of drug-likeness (QED) is 0.694. The summed E-state index contributed by atoms with van der Waals surface area (Å²) in [6, 6.07) is 8.94. The molecule has 1 aromatic carbocycles. The molecule has 25 heavy (non-hydrogen) atoms. The van der Waals surface area contributed by atoms with Crippen molar-refractivity contribution in [3.8, 4) is 0 Å². The lowest BCUT2D eigenvalue weighted by atomic mass is 9.73. The van der Waals surface area contributed by atoms with Gasteiger partial charge in [-0.05, 0) is 32.3 Å². The van der Waals surface area contributed by atoms with Gasteiger partial charge in [-0.15, -0.1) is 0 Å². The number of carbonyl (C=O) groups is 3. The Hall–Kier alpha value is -2.37. The highest BCUT2D eigenvalue weighted by atomic mass is 16.4. The van der Waals surface area contributed by atoms with Gasteiger partial charge in [0.05, 0.1) is 0 Å². The highest BCUT2D eigenvalue weighted by molar-refractivity contribution is 6.10. The Bertz CT molecular complexity index is 579. The molecule has 0 unspecified atom stereocenters. The number of carbonyl (C=O) groups excluding carboxylic acids is 2. The Labute approximate surface area is 149 Å². The van der Waals surface area contributed by atoms with Gasteiger partial charge in [-0.2, -0.15) is 0 Å². The summed E-state index contributed by atoms with van der Waals surface area (Å²) in [4.78, 5) is 40.5. The lowest BCUT2D eigenvalue weighted by Crippen LogP contribution is -2.55. The van der Waals surface area contributed by atoms with Crippen molar-refractivity contribution in [2.24, 2.45) is 0 Å². The maximum Gasteiger partial charge on any atom is 0.303 e. The number of aliphatic carboxylic acids is 1. The van der Waals surface area contributed by atoms with E-state index in [1.165, 1.54) is 9.80 Å². The minimum absolute atomic E-state index is 0.0825. The summed E-state index contributed by atoms with van der Waals surface area (Å²) in [7, 11) is 3.33. The number of likely N-dealkylation sites (N-methyl/N-ethyl adjacent to an activating group) is 2. The van der Waals surface area contributed by atoms with Gasteiger partial charge in [0.15, 0.2) is 5.41 Å². The summed E-state index contributed by atoms with van der Waals surface area (Å²) < 4.78 is 0. The summed E-state index contributed by atoms with van der Waals surface area (Å²) in [6.45, 7) is 4.63. The molecule has 1 rings (SSSR count). The molecule has 6 nitrogen and oxygen atoms in total. The molecule has 0 aromatic heterocycles. The van der Waals surface area contributed by atoms with E-state index in [0.29, 0.717) is 18.7 Å². The van der Waals surface area contributed by atoms with Gasteiger partial charge >= 0.3 is 5.97 Å². The van der Waals surface area contributed by atoms with Crippen LogP contribution in [0.4, 0.5) is 0 Å². The van der Waals surface area contributed by atoms with E-state index in [-0.39, 0.29) is 31.1 Å². The van der Waals surface area contributed by atoms with Gasteiger partial charge in [-0.25, -0.2) is 0 Å². The molecule has 2 amide bonds. The second-order valence-electron chi connectivity index (χ2n) is 6.16. The number of carboxylic acids is 1. The zero-order chi connectivity index (χ0) is 19.0. The molecule has 0 aliphatic carbocycles. The fraction of sp³-hybridized carbons (Fsp3) is 0.526. The standard InChI is InChI=1S/C19H28N2O4/c1-5-20(3)17(24)19(14-10-13-16(22)23,18(25)21(4)6-2)15-11-8-7-9-12-15/h7-9,11-12H,5-6,10,13-14H2,1-4H3,(H,22,23). The van der Waals surface area contributed by atoms with Crippen LogP contribution in [-0.4, -0.2) is 59.9 Å². The highest BCUT2D eigenvalue weighted by Crippen LogP contribution is 2.34. The molecule has 6 heteroatoms. The highest BCUT2D eigenvalue weighted by Gasteiger charge is 2.49. The first kappa shape index (κ1) is 20.7. The SMILES string of the molecule is CCN(C)C(=O)C(CCCC(=O)O)(C(=O)N(C)CC)c1ccccc1. The number of carboxylic acid groups (broad SMARTS) is 1. The summed E-state index contributed by atoms with van der Waals surface area (Å²) in [5, 5.41) is 8.98. The van der Waals surface area contributed by atoms with Crippen LogP contribution < -0.4 is 0 Å². The normalized spacial score (nSPS) is 11.0. The van der Waals surface area contributed by atoms with Crippen LogP contribution in [0.2, 0.25) is 0 Å². The van der Waals surface area contributed by atoms with E-state index < -0.39 is 11.4 Å². The van der Waals surface area contributed by atoms with E-state index in [4.69, 9.17) is 5.11 Å². The monoisotopic (exact) mass is 348 g/mol. The smallest absolute Gasteiger partial charge is 0.303 e. The van der Waals surface area contributed by atoms with Gasteiger partial charge < -0.3 is 14.9 Å². The molecule has 138 valence electrons. The van der Waals surface area contributed by atoms with Crippen LogP contribution in [0.3, 0.4) is 0 Å². The number of benzene rings is 1. The Morgan fingerprint density at radius 2 is 1.44 bits per heavy atom. The lowest BCUT2D eigenvalue weighted by molar-refractivity contribution is -0.150. The number of rotatable bonds is 9. The average molecular weight is 348 g/mol. The second-order valence-corrected chi connectivity index (χ2v) is 6.16. The van der Waals surface area contributed by atoms with Crippen molar-refractivity contribution < 1.29 is 19.5 Å². The largest absolute Gasteiger partial charge is 0.481 e. The van der Waals surface area contributed by atoms with Gasteiger partial charge in [-0.1, -0.05) is 30.3 Å². The van der Waals surface area contributed by atoms with E-state index in [9.17, 15) is 14.4 Å². The van der Waals surface area contributed by atoms with Crippen LogP contribution in [0.25, 0.3) is 0 Å². The van der Waals surface area contributed by atoms with Crippen molar-refractivity contribution in [1.82, 2.24) is 9.80 Å². The number of nitrogens with zero attached hydrogens (tertiary/aromatic N) is 2. The first-order valence-electron chi connectivity index (χ1n) is 8.59. The zero-order valence-electron chi connectivity index (χ0n) is 15.5. The van der Waals surface area contributed by atoms with Crippen LogP contribution in [0, 0.1) is 0 Å². The van der Waals surface area contributed by atoms with Crippen LogP contribution in [0.1, 0.15) is 38.7 Å². The van der Waals surface area contributed by atoms with Crippen LogP contribution in [0.15, 0.2) is 30.3 Å². The van der Waals surface area contributed by atoms with E-state index >= 15 is 0 Å². The molecular weight excluding hydrogens is 320 g/mol. The summed E-state index contributed by atoms with van der Waals surface area (Å²) in [5.74, 6) is -1.52. The summed E-state index contributed by atoms with van der Waals surface area (Å²) >= 11 is 0. The Kier molecular flexibility index (Phi) is 7.61. The third kappa shape index (κ3) is 4.59. The van der Waals surface area contributed by atoms with E-state index in [1.54, 1.807) is 38.4 Å². The molecule has 0 aliphatic heterocycles. The van der Waals surface area contributed by atoms with Gasteiger partial charge in [0.25, 0.3) is 0 Å². The molecule has 0 saturated heterocycles. The van der Waals surface area contributed by atoms with Crippen molar-refractivity contribution in [1.29, 1.82) is 0 Å². The van der Waals surface area contributed by atoms with Crippen LogP contribution in [0.5, 0.6) is 0 Å². The summed E-state index contributed by atoms with van der Waals surface area (Å²) in [5.41, 5.74) is -0.789. The van der Waals surface area contributed by atoms with E-state index in [0.717, 1.165) is 0 Å². The first-order valence-corrected chi connectivity index (χ1v) is 8.59. The number of hydrogen-bond donors (Lipinski definition) is 1. The second kappa shape index (κ2) is 9.20. The van der Waals surface area contributed by atoms with Crippen molar-refractivity contribution >= 4 is 17.8 Å². The molecule has 0 heterocycles. The van der Waals surface area contributed by atoms with E-state index in [2.05, 4.69) is 0 Å². The summed E-state index contributed by atoms with van der Waals surface area (Å²) in [6.07, 6.45) is 0.327. The topological polar surface area (TPSA) is 77.9 Å². The fourth-order valence-corrected chi connectivity index (χ4v) is 2.86. The Morgan fingerprint density at radius 1 is 0.960 bits per heavy atom. The molecule has 0 fully saturated rings.